The Hall–Kier alpha value is -2.37. The number of rotatable bonds is 7. The quantitative estimate of drug-likeness (QED) is 0.119. The first-order chi connectivity index (χ1) is 11.2. The van der Waals surface area contributed by atoms with Gasteiger partial charge in [0.15, 0.2) is 12.1 Å². The average molecular weight is 349 g/mol. The summed E-state index contributed by atoms with van der Waals surface area (Å²) in [6, 6.07) is -1.90. The number of amides is 1. The molecule has 8 N–H and O–H groups in total. The highest BCUT2D eigenvalue weighted by atomic mass is 16.6. The summed E-state index contributed by atoms with van der Waals surface area (Å²) in [5, 5.41) is 30.8. The van der Waals surface area contributed by atoms with Crippen LogP contribution in [0.15, 0.2) is 16.8 Å². The van der Waals surface area contributed by atoms with E-state index in [4.69, 9.17) is 26.0 Å². The molecule has 0 aromatic rings. The van der Waals surface area contributed by atoms with E-state index in [1.807, 2.05) is 0 Å². The highest BCUT2D eigenvalue weighted by Gasteiger charge is 2.44. The number of ether oxygens (including phenoxy) is 2. The number of nitrogens with one attached hydrogen (secondary N) is 1. The second-order valence-corrected chi connectivity index (χ2v) is 5.14. The maximum Gasteiger partial charge on any atom is 0.370 e. The summed E-state index contributed by atoms with van der Waals surface area (Å²) in [6.07, 6.45) is -2.56. The van der Waals surface area contributed by atoms with Crippen molar-refractivity contribution < 1.29 is 34.4 Å². The first kappa shape index (κ1) is 19.7. The van der Waals surface area contributed by atoms with E-state index in [-0.39, 0.29) is 5.96 Å². The van der Waals surface area contributed by atoms with Gasteiger partial charge in [0.1, 0.15) is 12.2 Å². The first-order valence-corrected chi connectivity index (χ1v) is 7.00. The van der Waals surface area contributed by atoms with Crippen LogP contribution in [0.3, 0.4) is 0 Å². The predicted molar refractivity (Wildman–Crippen MR) is 81.7 cm³/mol. The molecule has 0 aromatic heterocycles. The van der Waals surface area contributed by atoms with Crippen molar-refractivity contribution in [3.63, 3.8) is 0 Å². The number of guanidine groups is 1. The van der Waals surface area contributed by atoms with E-state index in [0.29, 0.717) is 0 Å². The zero-order valence-corrected chi connectivity index (χ0v) is 13.2. The van der Waals surface area contributed by atoms with Crippen LogP contribution in [0.4, 0.5) is 0 Å². The maximum absolute atomic E-state index is 11.5. The summed E-state index contributed by atoms with van der Waals surface area (Å²) < 4.78 is 10.5. The van der Waals surface area contributed by atoms with Crippen LogP contribution in [0.2, 0.25) is 0 Å². The zero-order valence-electron chi connectivity index (χ0n) is 13.2. The molecule has 0 saturated carbocycles. The third-order valence-electron chi connectivity index (χ3n) is 3.35. The van der Waals surface area contributed by atoms with Crippen LogP contribution in [0.25, 0.3) is 0 Å². The first-order valence-electron chi connectivity index (χ1n) is 7.00. The Morgan fingerprint density at radius 1 is 1.50 bits per heavy atom. The van der Waals surface area contributed by atoms with Gasteiger partial charge in [0.25, 0.3) is 0 Å². The lowest BCUT2D eigenvalue weighted by Gasteiger charge is -2.39. The number of carboxylic acid groups (broad SMARTS) is 1. The molecule has 0 saturated heterocycles. The highest BCUT2D eigenvalue weighted by Crippen LogP contribution is 2.26. The molecule has 1 amide bonds. The number of hydrogen-bond donors (Lipinski definition) is 6. The van der Waals surface area contributed by atoms with Crippen molar-refractivity contribution in [3.8, 4) is 0 Å². The van der Waals surface area contributed by atoms with Crippen molar-refractivity contribution in [1.29, 1.82) is 0 Å². The Kier molecular flexibility index (Phi) is 6.95. The highest BCUT2D eigenvalue weighted by molar-refractivity contribution is 5.85. The molecule has 11 nitrogen and oxygen atoms in total. The molecule has 0 bridgehead atoms. The van der Waals surface area contributed by atoms with Crippen LogP contribution in [-0.2, 0) is 19.1 Å². The van der Waals surface area contributed by atoms with Crippen molar-refractivity contribution in [1.82, 2.24) is 5.32 Å². The second-order valence-electron chi connectivity index (χ2n) is 5.14. The summed E-state index contributed by atoms with van der Waals surface area (Å²) in [5.41, 5.74) is 10.7. The van der Waals surface area contributed by atoms with E-state index >= 15 is 0 Å². The van der Waals surface area contributed by atoms with E-state index < -0.39 is 54.6 Å². The largest absolute Gasteiger partial charge is 0.478 e. The van der Waals surface area contributed by atoms with Gasteiger partial charge in [-0.3, -0.25) is 4.79 Å². The minimum Gasteiger partial charge on any atom is -0.478 e. The van der Waals surface area contributed by atoms with Crippen molar-refractivity contribution in [3.05, 3.63) is 11.8 Å². The molecule has 1 aliphatic rings. The van der Waals surface area contributed by atoms with Crippen LogP contribution in [0.5, 0.6) is 0 Å². The minimum absolute atomic E-state index is 0.325. The monoisotopic (exact) mass is 349 g/mol. The minimum atomic E-state index is -1.38. The molecule has 0 fully saturated rings. The fraction of sp³-hybridized carbons (Fsp3) is 0.615. The maximum atomic E-state index is 11.5. The molecule has 1 aliphatic heterocycles. The van der Waals surface area contributed by atoms with Crippen LogP contribution in [0, 0.1) is 0 Å². The van der Waals surface area contributed by atoms with E-state index in [2.05, 4.69) is 10.3 Å². The average Bonchev–Trinajstić information content (AvgIpc) is 2.49. The van der Waals surface area contributed by atoms with Gasteiger partial charge >= 0.3 is 5.97 Å². The van der Waals surface area contributed by atoms with Crippen molar-refractivity contribution in [2.75, 3.05) is 13.7 Å². The summed E-state index contributed by atoms with van der Waals surface area (Å²) in [6.45, 7) is 0.578. The van der Waals surface area contributed by atoms with Gasteiger partial charge in [0.05, 0.1) is 18.7 Å². The van der Waals surface area contributed by atoms with Gasteiger partial charge in [-0.2, -0.15) is 0 Å². The number of carbonyl (C=O) groups is 2. The third kappa shape index (κ3) is 4.81. The number of carboxylic acids is 1. The fourth-order valence-electron chi connectivity index (χ4n) is 2.41. The van der Waals surface area contributed by atoms with Crippen LogP contribution in [0.1, 0.15) is 6.92 Å². The van der Waals surface area contributed by atoms with Gasteiger partial charge in [0, 0.05) is 14.0 Å². The summed E-state index contributed by atoms with van der Waals surface area (Å²) in [4.78, 5) is 26.6. The Balaban J connectivity index is 3.34. The van der Waals surface area contributed by atoms with Gasteiger partial charge < -0.3 is 41.6 Å². The standard InChI is InChI=1S/C13H22N4O7/c1-5(19)16-9-6(17-13(14)15)3-8(12(21)22)24-11(9)10(23-2)7(20)4-18/h3,6-7,9-11,18,20H,4H2,1-2H3,(H,16,19)(H,21,22)(H4,14,15,17)/t6-,7+,9+,10-,11+/m0/s1/i13+1,14+1,15+1. The zero-order chi connectivity index (χ0) is 18.4. The third-order valence-corrected chi connectivity index (χ3v) is 3.35. The second kappa shape index (κ2) is 8.47. The van der Waals surface area contributed by atoms with Crippen molar-refractivity contribution in [2.24, 2.45) is 16.5 Å². The van der Waals surface area contributed by atoms with Crippen molar-refractivity contribution in [2.45, 2.75) is 37.3 Å². The van der Waals surface area contributed by atoms with Crippen molar-refractivity contribution >= 4 is 17.8 Å². The molecule has 0 spiro atoms. The molecule has 11 heteroatoms. The summed E-state index contributed by atoms with van der Waals surface area (Å²) in [7, 11) is 1.24. The fourth-order valence-corrected chi connectivity index (χ4v) is 2.41. The molecule has 1 rings (SSSR count). The topological polar surface area (TPSA) is 190 Å². The molecule has 0 aromatic carbocycles. The molecule has 24 heavy (non-hydrogen) atoms. The molecule has 0 aliphatic carbocycles. The number of hydrogen-bond acceptors (Lipinski definition) is 7. The smallest absolute Gasteiger partial charge is 0.370 e. The molecule has 0 radical (unpaired) electrons. The van der Waals surface area contributed by atoms with Crippen LogP contribution >= 0.6 is 0 Å². The number of aliphatic hydroxyl groups is 2. The van der Waals surface area contributed by atoms with E-state index in [0.717, 1.165) is 6.08 Å². The molecule has 1 heterocycles. The van der Waals surface area contributed by atoms with Gasteiger partial charge in [-0.05, 0) is 6.08 Å². The summed E-state index contributed by atoms with van der Waals surface area (Å²) in [5.74, 6) is -2.63. The van der Waals surface area contributed by atoms with E-state index in [1.54, 1.807) is 0 Å². The number of aliphatic carboxylic acids is 1. The van der Waals surface area contributed by atoms with Gasteiger partial charge in [-0.15, -0.1) is 0 Å². The van der Waals surface area contributed by atoms with Gasteiger partial charge in [-0.25, -0.2) is 9.79 Å². The lowest BCUT2D eigenvalue weighted by molar-refractivity contribution is -0.149. The molecule has 5 atom stereocenters. The SMILES string of the molecule is CO[C@H]([C@@H]1OC(C(=O)O)=C[C@H](N=[13C]([15NH2])[15NH2])[C@H]1NC(C)=O)[C@H](O)CO. The normalized spacial score (nSPS) is 25.7. The number of nitrogens with zero attached hydrogens (tertiary/aromatic N) is 1. The van der Waals surface area contributed by atoms with E-state index in [1.165, 1.54) is 14.0 Å². The molecular weight excluding hydrogens is 327 g/mol. The van der Waals surface area contributed by atoms with Crippen LogP contribution < -0.4 is 16.8 Å². The van der Waals surface area contributed by atoms with Crippen LogP contribution in [-0.4, -0.2) is 77.3 Å². The Morgan fingerprint density at radius 2 is 2.12 bits per heavy atom. The Morgan fingerprint density at radius 3 is 2.54 bits per heavy atom. The van der Waals surface area contributed by atoms with E-state index in [9.17, 15) is 19.8 Å². The number of aliphatic imine (C=N–C) groups is 1. The molecule has 0 unspecified atom stereocenters. The number of carbonyl (C=O) groups excluding carboxylic acids is 1. The number of aliphatic hydroxyl groups excluding tert-OH is 2. The molecule has 136 valence electrons. The summed E-state index contributed by atoms with van der Waals surface area (Å²) >= 11 is 0. The number of methoxy groups -OCH3 is 1. The lowest BCUT2D eigenvalue weighted by Crippen LogP contribution is -2.60. The van der Waals surface area contributed by atoms with Gasteiger partial charge in [0.2, 0.25) is 11.7 Å². The Labute approximate surface area is 137 Å². The predicted octanol–water partition coefficient (Wildman–Crippen LogP) is -3.13. The molecular formula is C13H22N4O7. The van der Waals surface area contributed by atoms with Gasteiger partial charge in [-0.1, -0.05) is 0 Å². The lowest BCUT2D eigenvalue weighted by atomic mass is 9.92. The number of nitrogens with two attached hydrogens (primary N) is 2. The Bertz CT molecular complexity index is 532.